The van der Waals surface area contributed by atoms with Crippen LogP contribution in [0.25, 0.3) is 11.0 Å². The van der Waals surface area contributed by atoms with Crippen molar-refractivity contribution in [2.45, 2.75) is 12.5 Å². The van der Waals surface area contributed by atoms with Crippen LogP contribution in [0.3, 0.4) is 0 Å². The summed E-state index contributed by atoms with van der Waals surface area (Å²) < 4.78 is 0. The highest BCUT2D eigenvalue weighted by atomic mass is 16.2. The van der Waals surface area contributed by atoms with E-state index in [9.17, 15) is 9.59 Å². The highest BCUT2D eigenvalue weighted by Gasteiger charge is 2.28. The van der Waals surface area contributed by atoms with Crippen LogP contribution in [0.1, 0.15) is 16.8 Å². The van der Waals surface area contributed by atoms with Gasteiger partial charge >= 0.3 is 0 Å². The van der Waals surface area contributed by atoms with Gasteiger partial charge in [-0.05, 0) is 18.2 Å². The van der Waals surface area contributed by atoms with Gasteiger partial charge < -0.3 is 15.2 Å². The van der Waals surface area contributed by atoms with Crippen molar-refractivity contribution in [2.75, 3.05) is 13.6 Å². The maximum Gasteiger partial charge on any atom is 0.251 e. The number of nitrogens with one attached hydrogen (secondary N) is 2. The summed E-state index contributed by atoms with van der Waals surface area (Å²) in [6, 6.07) is 5.19. The molecule has 1 aliphatic heterocycles. The van der Waals surface area contributed by atoms with Crippen molar-refractivity contribution in [1.29, 1.82) is 0 Å². The van der Waals surface area contributed by atoms with Gasteiger partial charge in [0.05, 0.1) is 23.4 Å². The van der Waals surface area contributed by atoms with E-state index in [1.54, 1.807) is 36.5 Å². The molecular formula is C13H14N4O2. The van der Waals surface area contributed by atoms with Gasteiger partial charge in [0.1, 0.15) is 0 Å². The number of aromatic nitrogens is 2. The van der Waals surface area contributed by atoms with Crippen molar-refractivity contribution in [3.05, 3.63) is 30.1 Å². The Labute approximate surface area is 109 Å². The molecule has 0 radical (unpaired) electrons. The number of imidazole rings is 1. The van der Waals surface area contributed by atoms with Gasteiger partial charge in [0.2, 0.25) is 5.91 Å². The van der Waals surface area contributed by atoms with Crippen LogP contribution in [0.2, 0.25) is 0 Å². The Morgan fingerprint density at radius 2 is 2.37 bits per heavy atom. The Morgan fingerprint density at radius 3 is 3.11 bits per heavy atom. The van der Waals surface area contributed by atoms with Gasteiger partial charge in [0.25, 0.3) is 5.91 Å². The lowest BCUT2D eigenvalue weighted by atomic mass is 10.1. The van der Waals surface area contributed by atoms with Crippen LogP contribution in [0, 0.1) is 0 Å². The molecule has 0 saturated carbocycles. The van der Waals surface area contributed by atoms with E-state index < -0.39 is 0 Å². The first-order valence-electron chi connectivity index (χ1n) is 6.11. The number of likely N-dealkylation sites (tertiary alicyclic amines) is 1. The average Bonchev–Trinajstić information content (AvgIpc) is 2.96. The van der Waals surface area contributed by atoms with Gasteiger partial charge in [0, 0.05) is 25.6 Å². The number of aromatic amines is 1. The fourth-order valence-corrected chi connectivity index (χ4v) is 2.31. The smallest absolute Gasteiger partial charge is 0.251 e. The third-order valence-corrected chi connectivity index (χ3v) is 3.36. The summed E-state index contributed by atoms with van der Waals surface area (Å²) in [6.07, 6.45) is 1.96. The molecule has 1 aromatic heterocycles. The van der Waals surface area contributed by atoms with Gasteiger partial charge in [-0.25, -0.2) is 4.98 Å². The van der Waals surface area contributed by atoms with Gasteiger partial charge in [-0.1, -0.05) is 0 Å². The molecule has 0 spiro atoms. The molecule has 19 heavy (non-hydrogen) atoms. The number of nitrogens with zero attached hydrogens (tertiary/aromatic N) is 2. The van der Waals surface area contributed by atoms with E-state index in [0.29, 0.717) is 18.5 Å². The summed E-state index contributed by atoms with van der Waals surface area (Å²) in [4.78, 5) is 32.2. The molecule has 0 aliphatic carbocycles. The van der Waals surface area contributed by atoms with E-state index in [4.69, 9.17) is 0 Å². The second-order valence-corrected chi connectivity index (χ2v) is 4.78. The lowest BCUT2D eigenvalue weighted by Crippen LogP contribution is -2.36. The first-order valence-corrected chi connectivity index (χ1v) is 6.11. The summed E-state index contributed by atoms with van der Waals surface area (Å²) in [5.74, 6) is -0.0982. The number of amides is 2. The van der Waals surface area contributed by atoms with E-state index in [1.165, 1.54) is 0 Å². The molecule has 2 amide bonds. The summed E-state index contributed by atoms with van der Waals surface area (Å²) in [6.45, 7) is 0.566. The largest absolute Gasteiger partial charge is 0.347 e. The van der Waals surface area contributed by atoms with Crippen LogP contribution in [-0.2, 0) is 4.79 Å². The summed E-state index contributed by atoms with van der Waals surface area (Å²) >= 11 is 0. The van der Waals surface area contributed by atoms with Crippen molar-refractivity contribution < 1.29 is 9.59 Å². The summed E-state index contributed by atoms with van der Waals surface area (Å²) in [5.41, 5.74) is 2.22. The Morgan fingerprint density at radius 1 is 1.53 bits per heavy atom. The predicted octanol–water partition coefficient (Wildman–Crippen LogP) is 0.523. The van der Waals surface area contributed by atoms with Crippen LogP contribution in [0.4, 0.5) is 0 Å². The van der Waals surface area contributed by atoms with Crippen molar-refractivity contribution in [3.8, 4) is 0 Å². The quantitative estimate of drug-likeness (QED) is 0.824. The number of hydrogen-bond donors (Lipinski definition) is 2. The van der Waals surface area contributed by atoms with Gasteiger partial charge in [-0.15, -0.1) is 0 Å². The number of hydrogen-bond acceptors (Lipinski definition) is 3. The van der Waals surface area contributed by atoms with Gasteiger partial charge in [0.15, 0.2) is 0 Å². The van der Waals surface area contributed by atoms with E-state index >= 15 is 0 Å². The molecule has 2 heterocycles. The number of rotatable bonds is 2. The van der Waals surface area contributed by atoms with Crippen LogP contribution in [0.5, 0.6) is 0 Å². The van der Waals surface area contributed by atoms with Gasteiger partial charge in [-0.2, -0.15) is 0 Å². The predicted molar refractivity (Wildman–Crippen MR) is 69.6 cm³/mol. The SMILES string of the molecule is CN1CC(NC(=O)c2ccc3nc[nH]c3c2)CC1=O. The Bertz CT molecular complexity index is 649. The average molecular weight is 258 g/mol. The highest BCUT2D eigenvalue weighted by molar-refractivity contribution is 5.97. The fraction of sp³-hybridized carbons (Fsp3) is 0.308. The molecule has 3 rings (SSSR count). The molecule has 2 N–H and O–H groups in total. The van der Waals surface area contributed by atoms with Crippen LogP contribution in [-0.4, -0.2) is 46.3 Å². The van der Waals surface area contributed by atoms with Crippen molar-refractivity contribution in [2.24, 2.45) is 0 Å². The van der Waals surface area contributed by atoms with E-state index in [2.05, 4.69) is 15.3 Å². The molecule has 6 heteroatoms. The van der Waals surface area contributed by atoms with E-state index in [-0.39, 0.29) is 17.9 Å². The Hall–Kier alpha value is -2.37. The number of carbonyl (C=O) groups excluding carboxylic acids is 2. The monoisotopic (exact) mass is 258 g/mol. The Kier molecular flexibility index (Phi) is 2.70. The molecule has 1 saturated heterocycles. The number of fused-ring (bicyclic) bond motifs is 1. The molecule has 98 valence electrons. The zero-order chi connectivity index (χ0) is 13.4. The number of benzene rings is 1. The van der Waals surface area contributed by atoms with Crippen LogP contribution >= 0.6 is 0 Å². The molecule has 1 fully saturated rings. The van der Waals surface area contributed by atoms with Crippen molar-refractivity contribution >= 4 is 22.8 Å². The molecular weight excluding hydrogens is 244 g/mol. The molecule has 1 atom stereocenters. The first-order chi connectivity index (χ1) is 9.13. The molecule has 1 unspecified atom stereocenters. The highest BCUT2D eigenvalue weighted by Crippen LogP contribution is 2.13. The fourth-order valence-electron chi connectivity index (χ4n) is 2.31. The summed E-state index contributed by atoms with van der Waals surface area (Å²) in [5, 5.41) is 2.88. The zero-order valence-corrected chi connectivity index (χ0v) is 10.5. The minimum absolute atomic E-state index is 0.0642. The number of H-pyrrole nitrogens is 1. The standard InChI is InChI=1S/C13H14N4O2/c1-17-6-9(5-12(17)18)16-13(19)8-2-3-10-11(4-8)15-7-14-10/h2-4,7,9H,5-6H2,1H3,(H,14,15)(H,16,19). The third kappa shape index (κ3) is 2.16. The normalized spacial score (nSPS) is 19.1. The number of likely N-dealkylation sites (N-methyl/N-ethyl adjacent to an activating group) is 1. The topological polar surface area (TPSA) is 78.1 Å². The number of carbonyl (C=O) groups is 2. The van der Waals surface area contributed by atoms with E-state index in [0.717, 1.165) is 11.0 Å². The second-order valence-electron chi connectivity index (χ2n) is 4.78. The second kappa shape index (κ2) is 4.38. The molecule has 0 bridgehead atoms. The molecule has 1 aromatic carbocycles. The van der Waals surface area contributed by atoms with Crippen molar-refractivity contribution in [1.82, 2.24) is 20.2 Å². The molecule has 1 aliphatic rings. The van der Waals surface area contributed by atoms with E-state index in [1.807, 2.05) is 0 Å². The molecule has 2 aromatic rings. The maximum absolute atomic E-state index is 12.1. The van der Waals surface area contributed by atoms with Crippen molar-refractivity contribution in [3.63, 3.8) is 0 Å². The van der Waals surface area contributed by atoms with Gasteiger partial charge in [-0.3, -0.25) is 9.59 Å². The molecule has 6 nitrogen and oxygen atoms in total. The lowest BCUT2D eigenvalue weighted by Gasteiger charge is -2.12. The summed E-state index contributed by atoms with van der Waals surface area (Å²) in [7, 11) is 1.74. The maximum atomic E-state index is 12.1. The van der Waals surface area contributed by atoms with Crippen LogP contribution in [0.15, 0.2) is 24.5 Å². The third-order valence-electron chi connectivity index (χ3n) is 3.36. The zero-order valence-electron chi connectivity index (χ0n) is 10.5. The van der Waals surface area contributed by atoms with Crippen LogP contribution < -0.4 is 5.32 Å². The minimum Gasteiger partial charge on any atom is -0.347 e. The first kappa shape index (κ1) is 11.7. The Balaban J connectivity index is 1.75. The minimum atomic E-state index is -0.162. The lowest BCUT2D eigenvalue weighted by molar-refractivity contribution is -0.126.